The third-order valence-corrected chi connectivity index (χ3v) is 1.73. The maximum atomic E-state index is 5.83. The minimum absolute atomic E-state index is 0.844. The van der Waals surface area contributed by atoms with Gasteiger partial charge in [-0.2, -0.15) is 0 Å². The molecule has 0 N–H and O–H groups in total. The van der Waals surface area contributed by atoms with Crippen LogP contribution in [0.25, 0.3) is 0 Å². The second-order valence-electron chi connectivity index (χ2n) is 2.49. The van der Waals surface area contributed by atoms with Gasteiger partial charge in [0.2, 0.25) is 0 Å². The van der Waals surface area contributed by atoms with Crippen LogP contribution in [-0.2, 0) is 6.42 Å². The lowest BCUT2D eigenvalue weighted by atomic mass is 10.1. The second-order valence-corrected chi connectivity index (χ2v) is 2.93. The third kappa shape index (κ3) is 1.74. The molecule has 0 aliphatic heterocycles. The highest BCUT2D eigenvalue weighted by Crippen LogP contribution is 2.14. The molecule has 0 nitrogen and oxygen atoms in total. The largest absolute Gasteiger partial charge is 0.0843 e. The van der Waals surface area contributed by atoms with Crippen molar-refractivity contribution in [3.8, 4) is 0 Å². The Labute approximate surface area is 66.8 Å². The SMILES string of the molecule is CCc1cc(C)cc(Cl)c1. The van der Waals surface area contributed by atoms with Crippen molar-refractivity contribution in [2.45, 2.75) is 20.3 Å². The molecule has 10 heavy (non-hydrogen) atoms. The molecule has 1 rings (SSSR count). The summed E-state index contributed by atoms with van der Waals surface area (Å²) in [5.74, 6) is 0. The monoisotopic (exact) mass is 154 g/mol. The summed E-state index contributed by atoms with van der Waals surface area (Å²) >= 11 is 5.83. The van der Waals surface area contributed by atoms with Crippen LogP contribution in [0.4, 0.5) is 0 Å². The lowest BCUT2D eigenvalue weighted by molar-refractivity contribution is 1.13. The van der Waals surface area contributed by atoms with E-state index in [2.05, 4.69) is 19.9 Å². The molecule has 0 unspecified atom stereocenters. The van der Waals surface area contributed by atoms with Crippen LogP contribution in [-0.4, -0.2) is 0 Å². The molecule has 0 saturated heterocycles. The van der Waals surface area contributed by atoms with Gasteiger partial charge in [0, 0.05) is 5.02 Å². The number of rotatable bonds is 1. The normalized spacial score (nSPS) is 9.90. The van der Waals surface area contributed by atoms with Crippen LogP contribution < -0.4 is 0 Å². The van der Waals surface area contributed by atoms with Crippen molar-refractivity contribution in [3.63, 3.8) is 0 Å². The van der Waals surface area contributed by atoms with E-state index in [-0.39, 0.29) is 0 Å². The van der Waals surface area contributed by atoms with Gasteiger partial charge in [0.25, 0.3) is 0 Å². The summed E-state index contributed by atoms with van der Waals surface area (Å²) in [7, 11) is 0. The Morgan fingerprint density at radius 2 is 2.00 bits per heavy atom. The Hall–Kier alpha value is -0.490. The molecule has 0 amide bonds. The molecule has 1 aromatic carbocycles. The summed E-state index contributed by atoms with van der Waals surface area (Å²) in [6.45, 7) is 4.19. The van der Waals surface area contributed by atoms with Crippen molar-refractivity contribution in [1.29, 1.82) is 0 Å². The Morgan fingerprint density at radius 1 is 1.30 bits per heavy atom. The summed E-state index contributed by atoms with van der Waals surface area (Å²) in [6.07, 6.45) is 1.06. The van der Waals surface area contributed by atoms with E-state index in [9.17, 15) is 0 Å². The average Bonchev–Trinajstić information content (AvgIpc) is 1.85. The van der Waals surface area contributed by atoms with Crippen LogP contribution in [0.5, 0.6) is 0 Å². The van der Waals surface area contributed by atoms with Gasteiger partial charge in [-0.3, -0.25) is 0 Å². The van der Waals surface area contributed by atoms with Gasteiger partial charge in [-0.25, -0.2) is 0 Å². The Bertz CT molecular complexity index is 208. The first-order valence-electron chi connectivity index (χ1n) is 3.48. The Morgan fingerprint density at radius 3 is 2.50 bits per heavy atom. The topological polar surface area (TPSA) is 0 Å². The first kappa shape index (κ1) is 7.62. The Kier molecular flexibility index (Phi) is 2.34. The molecule has 0 radical (unpaired) electrons. The van der Waals surface area contributed by atoms with Crippen molar-refractivity contribution >= 4 is 11.6 Å². The molecule has 0 atom stereocenters. The molecule has 0 aliphatic rings. The third-order valence-electron chi connectivity index (χ3n) is 1.51. The highest BCUT2D eigenvalue weighted by Gasteiger charge is 1.92. The van der Waals surface area contributed by atoms with Crippen molar-refractivity contribution in [2.75, 3.05) is 0 Å². The maximum Gasteiger partial charge on any atom is 0.0411 e. The van der Waals surface area contributed by atoms with Crippen LogP contribution in [0.2, 0.25) is 5.02 Å². The minimum Gasteiger partial charge on any atom is -0.0843 e. The first-order valence-corrected chi connectivity index (χ1v) is 3.86. The zero-order valence-corrected chi connectivity index (χ0v) is 7.07. The van der Waals surface area contributed by atoms with E-state index >= 15 is 0 Å². The Balaban J connectivity index is 3.06. The van der Waals surface area contributed by atoms with Crippen LogP contribution in [0.15, 0.2) is 18.2 Å². The number of hydrogen-bond acceptors (Lipinski definition) is 0. The van der Waals surface area contributed by atoms with E-state index < -0.39 is 0 Å². The highest BCUT2D eigenvalue weighted by atomic mass is 35.5. The molecule has 0 aromatic heterocycles. The molecule has 0 bridgehead atoms. The minimum atomic E-state index is 0.844. The van der Waals surface area contributed by atoms with Gasteiger partial charge in [0.1, 0.15) is 0 Å². The average molecular weight is 155 g/mol. The molecule has 0 spiro atoms. The van der Waals surface area contributed by atoms with E-state index in [4.69, 9.17) is 11.6 Å². The summed E-state index contributed by atoms with van der Waals surface area (Å²) in [6, 6.07) is 6.14. The smallest absolute Gasteiger partial charge is 0.0411 e. The van der Waals surface area contributed by atoms with Crippen molar-refractivity contribution in [2.24, 2.45) is 0 Å². The second kappa shape index (κ2) is 3.07. The standard InChI is InChI=1S/C9H11Cl/c1-3-8-4-7(2)5-9(10)6-8/h4-6H,3H2,1-2H3. The zero-order chi connectivity index (χ0) is 7.56. The summed E-state index contributed by atoms with van der Waals surface area (Å²) in [5, 5.41) is 0.844. The number of aryl methyl sites for hydroxylation is 2. The van der Waals surface area contributed by atoms with E-state index in [0.29, 0.717) is 0 Å². The van der Waals surface area contributed by atoms with Crippen molar-refractivity contribution in [3.05, 3.63) is 34.3 Å². The van der Waals surface area contributed by atoms with Crippen LogP contribution in [0.1, 0.15) is 18.1 Å². The molecule has 1 heteroatoms. The van der Waals surface area contributed by atoms with Gasteiger partial charge in [0.15, 0.2) is 0 Å². The summed E-state index contributed by atoms with van der Waals surface area (Å²) in [4.78, 5) is 0. The van der Waals surface area contributed by atoms with Gasteiger partial charge >= 0.3 is 0 Å². The lowest BCUT2D eigenvalue weighted by Crippen LogP contribution is -1.81. The van der Waals surface area contributed by atoms with Crippen LogP contribution in [0, 0.1) is 6.92 Å². The van der Waals surface area contributed by atoms with Gasteiger partial charge < -0.3 is 0 Å². The van der Waals surface area contributed by atoms with Crippen LogP contribution >= 0.6 is 11.6 Å². The van der Waals surface area contributed by atoms with Crippen LogP contribution in [0.3, 0.4) is 0 Å². The van der Waals surface area contributed by atoms with E-state index in [1.807, 2.05) is 12.1 Å². The molecule has 0 aliphatic carbocycles. The van der Waals surface area contributed by atoms with E-state index in [1.165, 1.54) is 11.1 Å². The molecule has 54 valence electrons. The fourth-order valence-electron chi connectivity index (χ4n) is 1.02. The predicted octanol–water partition coefficient (Wildman–Crippen LogP) is 3.21. The zero-order valence-electron chi connectivity index (χ0n) is 6.32. The molecule has 0 heterocycles. The maximum absolute atomic E-state index is 5.83. The summed E-state index contributed by atoms with van der Waals surface area (Å²) < 4.78 is 0. The van der Waals surface area contributed by atoms with E-state index in [1.54, 1.807) is 0 Å². The van der Waals surface area contributed by atoms with Gasteiger partial charge in [-0.15, -0.1) is 0 Å². The summed E-state index contributed by atoms with van der Waals surface area (Å²) in [5.41, 5.74) is 2.55. The predicted molar refractivity (Wildman–Crippen MR) is 45.6 cm³/mol. The van der Waals surface area contributed by atoms with Gasteiger partial charge in [-0.1, -0.05) is 24.6 Å². The quantitative estimate of drug-likeness (QED) is 0.583. The van der Waals surface area contributed by atoms with E-state index in [0.717, 1.165) is 11.4 Å². The van der Waals surface area contributed by atoms with Crippen molar-refractivity contribution < 1.29 is 0 Å². The van der Waals surface area contributed by atoms with Gasteiger partial charge in [0.05, 0.1) is 0 Å². The molecule has 1 aromatic rings. The highest BCUT2D eigenvalue weighted by molar-refractivity contribution is 6.30. The molecule has 0 fully saturated rings. The lowest BCUT2D eigenvalue weighted by Gasteiger charge is -1.98. The number of benzene rings is 1. The van der Waals surface area contributed by atoms with Gasteiger partial charge in [-0.05, 0) is 36.6 Å². The van der Waals surface area contributed by atoms with Crippen molar-refractivity contribution in [1.82, 2.24) is 0 Å². The number of halogens is 1. The molecule has 0 saturated carbocycles. The molecular formula is C9H11Cl. The number of hydrogen-bond donors (Lipinski definition) is 0. The fraction of sp³-hybridized carbons (Fsp3) is 0.333. The first-order chi connectivity index (χ1) is 4.72. The fourth-order valence-corrected chi connectivity index (χ4v) is 1.33. The molecular weight excluding hydrogens is 144 g/mol.